The summed E-state index contributed by atoms with van der Waals surface area (Å²) in [6, 6.07) is 7.49. The van der Waals surface area contributed by atoms with Crippen LogP contribution in [0.2, 0.25) is 0 Å². The molecule has 1 aromatic rings. The van der Waals surface area contributed by atoms with Crippen LogP contribution in [0, 0.1) is 17.8 Å². The third kappa shape index (κ3) is 2.34. The minimum atomic E-state index is -0.151. The Hall–Kier alpha value is -1.95. The maximum absolute atomic E-state index is 11.3. The summed E-state index contributed by atoms with van der Waals surface area (Å²) < 4.78 is 5.05. The Bertz CT molecular complexity index is 439. The lowest BCUT2D eigenvalue weighted by atomic mass is 10.1. The van der Waals surface area contributed by atoms with Crippen molar-refractivity contribution in [3.8, 4) is 17.6 Å². The Kier molecular flexibility index (Phi) is 3.11. The fraction of sp³-hybridized carbons (Fsp3) is 0.308. The summed E-state index contributed by atoms with van der Waals surface area (Å²) >= 11 is 0. The molecule has 1 atom stereocenters. The molecule has 1 aliphatic rings. The average Bonchev–Trinajstić information content (AvgIpc) is 2.73. The number of nitrogens with one attached hydrogen (secondary N) is 1. The fourth-order valence-corrected chi connectivity index (χ4v) is 1.58. The molecule has 1 fully saturated rings. The highest BCUT2D eigenvalue weighted by Crippen LogP contribution is 2.11. The van der Waals surface area contributed by atoms with E-state index in [4.69, 9.17) is 4.74 Å². The van der Waals surface area contributed by atoms with Crippen molar-refractivity contribution in [2.24, 2.45) is 5.92 Å². The van der Waals surface area contributed by atoms with E-state index in [1.54, 1.807) is 7.11 Å². The van der Waals surface area contributed by atoms with Crippen LogP contribution >= 0.6 is 0 Å². The van der Waals surface area contributed by atoms with Gasteiger partial charge in [-0.2, -0.15) is 0 Å². The molecule has 0 spiro atoms. The number of carbonyl (C=O) groups excluding carboxylic acids is 1. The highest BCUT2D eigenvalue weighted by atomic mass is 16.5. The van der Waals surface area contributed by atoms with Gasteiger partial charge >= 0.3 is 0 Å². The first kappa shape index (κ1) is 10.6. The molecule has 16 heavy (non-hydrogen) atoms. The van der Waals surface area contributed by atoms with Gasteiger partial charge in [-0.25, -0.2) is 0 Å². The van der Waals surface area contributed by atoms with E-state index in [-0.39, 0.29) is 11.8 Å². The molecule has 0 radical (unpaired) electrons. The van der Waals surface area contributed by atoms with Crippen molar-refractivity contribution in [3.63, 3.8) is 0 Å². The Labute approximate surface area is 94.8 Å². The molecule has 1 aromatic carbocycles. The second-order valence-corrected chi connectivity index (χ2v) is 3.63. The smallest absolute Gasteiger partial charge is 0.235 e. The molecule has 1 amide bonds. The van der Waals surface area contributed by atoms with Crippen molar-refractivity contribution in [2.75, 3.05) is 13.7 Å². The zero-order chi connectivity index (χ0) is 11.4. The maximum Gasteiger partial charge on any atom is 0.235 e. The van der Waals surface area contributed by atoms with Crippen molar-refractivity contribution < 1.29 is 9.53 Å². The summed E-state index contributed by atoms with van der Waals surface area (Å²) in [5.74, 6) is 6.69. The molecule has 0 bridgehead atoms. The van der Waals surface area contributed by atoms with Gasteiger partial charge in [-0.15, -0.1) is 0 Å². The number of amides is 1. The highest BCUT2D eigenvalue weighted by Gasteiger charge is 2.21. The van der Waals surface area contributed by atoms with Gasteiger partial charge in [-0.3, -0.25) is 4.79 Å². The van der Waals surface area contributed by atoms with Crippen LogP contribution in [0.25, 0.3) is 0 Å². The summed E-state index contributed by atoms with van der Waals surface area (Å²) in [5.41, 5.74) is 0.903. The molecule has 1 N–H and O–H groups in total. The zero-order valence-electron chi connectivity index (χ0n) is 9.12. The quantitative estimate of drug-likeness (QED) is 0.714. The molecular formula is C13H13NO2. The van der Waals surface area contributed by atoms with E-state index in [1.807, 2.05) is 24.3 Å². The van der Waals surface area contributed by atoms with Crippen LogP contribution in [0.4, 0.5) is 0 Å². The van der Waals surface area contributed by atoms with Gasteiger partial charge in [0.2, 0.25) is 5.91 Å². The summed E-state index contributed by atoms with van der Waals surface area (Å²) in [5, 5.41) is 2.76. The normalized spacial score (nSPS) is 18.6. The molecule has 3 heteroatoms. The monoisotopic (exact) mass is 215 g/mol. The summed E-state index contributed by atoms with van der Waals surface area (Å²) in [6.07, 6.45) is 0.808. The topological polar surface area (TPSA) is 38.3 Å². The number of benzene rings is 1. The molecule has 1 unspecified atom stereocenters. The van der Waals surface area contributed by atoms with Gasteiger partial charge < -0.3 is 10.1 Å². The van der Waals surface area contributed by atoms with Crippen LogP contribution in [0.15, 0.2) is 24.3 Å². The lowest BCUT2D eigenvalue weighted by Crippen LogP contribution is -2.17. The molecule has 3 nitrogen and oxygen atoms in total. The Morgan fingerprint density at radius 1 is 1.38 bits per heavy atom. The largest absolute Gasteiger partial charge is 0.497 e. The number of ether oxygens (including phenoxy) is 1. The Morgan fingerprint density at radius 2 is 2.12 bits per heavy atom. The minimum absolute atomic E-state index is 0.0426. The molecule has 1 aliphatic heterocycles. The summed E-state index contributed by atoms with van der Waals surface area (Å²) in [7, 11) is 1.63. The third-order valence-electron chi connectivity index (χ3n) is 2.53. The van der Waals surface area contributed by atoms with Crippen LogP contribution in [0.1, 0.15) is 12.0 Å². The molecule has 1 saturated heterocycles. The molecule has 0 saturated carbocycles. The van der Waals surface area contributed by atoms with E-state index in [1.165, 1.54) is 0 Å². The molecule has 82 valence electrons. The lowest BCUT2D eigenvalue weighted by molar-refractivity contribution is -0.120. The van der Waals surface area contributed by atoms with Gasteiger partial charge in [0, 0.05) is 12.1 Å². The molecule has 1 heterocycles. The number of methoxy groups -OCH3 is 1. The Balaban J connectivity index is 2.08. The Morgan fingerprint density at radius 3 is 2.69 bits per heavy atom. The van der Waals surface area contributed by atoms with Crippen molar-refractivity contribution in [1.29, 1.82) is 0 Å². The van der Waals surface area contributed by atoms with Crippen LogP contribution < -0.4 is 10.1 Å². The van der Waals surface area contributed by atoms with Gasteiger partial charge in [-0.05, 0) is 30.7 Å². The molecular weight excluding hydrogens is 202 g/mol. The average molecular weight is 215 g/mol. The first-order valence-electron chi connectivity index (χ1n) is 5.23. The molecule has 0 aromatic heterocycles. The third-order valence-corrected chi connectivity index (χ3v) is 2.53. The number of rotatable bonds is 1. The van der Waals surface area contributed by atoms with Gasteiger partial charge in [0.25, 0.3) is 0 Å². The van der Waals surface area contributed by atoms with Crippen molar-refractivity contribution in [1.82, 2.24) is 5.32 Å². The van der Waals surface area contributed by atoms with Gasteiger partial charge in [-0.1, -0.05) is 11.8 Å². The summed E-state index contributed by atoms with van der Waals surface area (Å²) in [4.78, 5) is 11.3. The van der Waals surface area contributed by atoms with Crippen LogP contribution in [-0.4, -0.2) is 19.6 Å². The highest BCUT2D eigenvalue weighted by molar-refractivity contribution is 5.83. The fourth-order valence-electron chi connectivity index (χ4n) is 1.58. The predicted octanol–water partition coefficient (Wildman–Crippen LogP) is 1.18. The first-order valence-corrected chi connectivity index (χ1v) is 5.23. The molecule has 2 rings (SSSR count). The van der Waals surface area contributed by atoms with E-state index in [0.29, 0.717) is 0 Å². The zero-order valence-corrected chi connectivity index (χ0v) is 9.12. The SMILES string of the molecule is COc1ccc(C#CC2CCNC2=O)cc1. The predicted molar refractivity (Wildman–Crippen MR) is 61.0 cm³/mol. The second-order valence-electron chi connectivity index (χ2n) is 3.63. The number of hydrogen-bond donors (Lipinski definition) is 1. The van der Waals surface area contributed by atoms with Crippen LogP contribution in [-0.2, 0) is 4.79 Å². The van der Waals surface area contributed by atoms with E-state index >= 15 is 0 Å². The van der Waals surface area contributed by atoms with Crippen molar-refractivity contribution in [2.45, 2.75) is 6.42 Å². The van der Waals surface area contributed by atoms with Crippen molar-refractivity contribution >= 4 is 5.91 Å². The van der Waals surface area contributed by atoms with E-state index in [2.05, 4.69) is 17.2 Å². The van der Waals surface area contributed by atoms with E-state index in [9.17, 15) is 4.79 Å². The van der Waals surface area contributed by atoms with Crippen LogP contribution in [0.5, 0.6) is 5.75 Å². The first-order chi connectivity index (χ1) is 7.79. The minimum Gasteiger partial charge on any atom is -0.497 e. The standard InChI is InChI=1S/C13H13NO2/c1-16-12-6-3-10(4-7-12)2-5-11-8-9-14-13(11)15/h3-4,6-7,11H,8-9H2,1H3,(H,14,15). The lowest BCUT2D eigenvalue weighted by Gasteiger charge is -1.98. The van der Waals surface area contributed by atoms with Crippen molar-refractivity contribution in [3.05, 3.63) is 29.8 Å². The van der Waals surface area contributed by atoms with Gasteiger partial charge in [0.1, 0.15) is 11.7 Å². The summed E-state index contributed by atoms with van der Waals surface area (Å²) in [6.45, 7) is 0.737. The maximum atomic E-state index is 11.3. The van der Waals surface area contributed by atoms with Crippen LogP contribution in [0.3, 0.4) is 0 Å². The molecule has 0 aliphatic carbocycles. The van der Waals surface area contributed by atoms with E-state index < -0.39 is 0 Å². The van der Waals surface area contributed by atoms with E-state index in [0.717, 1.165) is 24.3 Å². The van der Waals surface area contributed by atoms with Gasteiger partial charge in [0.15, 0.2) is 0 Å². The number of hydrogen-bond acceptors (Lipinski definition) is 2. The van der Waals surface area contributed by atoms with Gasteiger partial charge in [0.05, 0.1) is 7.11 Å². The number of carbonyl (C=O) groups is 1. The second kappa shape index (κ2) is 4.71.